The predicted octanol–water partition coefficient (Wildman–Crippen LogP) is 5.03. The van der Waals surface area contributed by atoms with Crippen LogP contribution < -0.4 is 0 Å². The van der Waals surface area contributed by atoms with Crippen LogP contribution in [0.4, 0.5) is 0 Å². The molecule has 1 heteroatoms. The first-order valence-electron chi connectivity index (χ1n) is 6.42. The highest BCUT2D eigenvalue weighted by Gasteiger charge is 2.19. The van der Waals surface area contributed by atoms with E-state index in [2.05, 4.69) is 78.5 Å². The van der Waals surface area contributed by atoms with Gasteiger partial charge in [0.15, 0.2) is 0 Å². The van der Waals surface area contributed by atoms with E-state index in [1.54, 1.807) is 0 Å². The molecule has 1 unspecified atom stereocenters. The molecule has 0 aromatic heterocycles. The Morgan fingerprint density at radius 3 is 2.11 bits per heavy atom. The Labute approximate surface area is 113 Å². The van der Waals surface area contributed by atoms with Gasteiger partial charge in [-0.1, -0.05) is 69.3 Å². The van der Waals surface area contributed by atoms with E-state index in [9.17, 15) is 0 Å². The Hall–Kier alpha value is -1.13. The monoisotopic (exact) mass is 256 g/mol. The van der Waals surface area contributed by atoms with Crippen LogP contribution in [-0.4, -0.2) is 0 Å². The summed E-state index contributed by atoms with van der Waals surface area (Å²) in [6, 6.07) is 17.3. The number of hydrogen-bond acceptors (Lipinski definition) is 0. The van der Waals surface area contributed by atoms with Crippen molar-refractivity contribution in [1.82, 2.24) is 0 Å². The van der Waals surface area contributed by atoms with Crippen LogP contribution in [-0.2, 0) is 11.6 Å². The van der Waals surface area contributed by atoms with Crippen LogP contribution in [0.1, 0.15) is 31.9 Å². The molecule has 0 fully saturated rings. The Morgan fingerprint density at radius 2 is 1.56 bits per heavy atom. The van der Waals surface area contributed by atoms with Gasteiger partial charge in [-0.3, -0.25) is 0 Å². The van der Waals surface area contributed by atoms with E-state index >= 15 is 0 Å². The Kier molecular flexibility index (Phi) is 3.88. The van der Waals surface area contributed by atoms with Gasteiger partial charge < -0.3 is 0 Å². The zero-order chi connectivity index (χ0) is 13.2. The minimum absolute atomic E-state index is 0.191. The Bertz CT molecular complexity index is 521. The van der Waals surface area contributed by atoms with Crippen molar-refractivity contribution in [3.8, 4) is 11.1 Å². The first-order valence-corrected chi connectivity index (χ1v) is 7.23. The molecular weight excluding hydrogens is 235 g/mol. The SMILES string of the molecule is CC(C)(C)c1cccc(-c2ccccc2)c1CP. The molecule has 0 saturated carbocycles. The second-order valence-electron chi connectivity index (χ2n) is 5.65. The number of rotatable bonds is 2. The topological polar surface area (TPSA) is 0 Å². The third-order valence-electron chi connectivity index (χ3n) is 3.27. The minimum atomic E-state index is 0.191. The van der Waals surface area contributed by atoms with Gasteiger partial charge in [0.2, 0.25) is 0 Å². The lowest BCUT2D eigenvalue weighted by atomic mass is 9.81. The summed E-state index contributed by atoms with van der Waals surface area (Å²) < 4.78 is 0. The smallest absolute Gasteiger partial charge is 0.0119 e. The molecule has 2 aromatic rings. The van der Waals surface area contributed by atoms with Gasteiger partial charge in [-0.25, -0.2) is 0 Å². The molecule has 18 heavy (non-hydrogen) atoms. The van der Waals surface area contributed by atoms with Crippen molar-refractivity contribution in [2.75, 3.05) is 0 Å². The maximum atomic E-state index is 2.87. The van der Waals surface area contributed by atoms with E-state index < -0.39 is 0 Å². The summed E-state index contributed by atoms with van der Waals surface area (Å²) in [5, 5.41) is 0. The van der Waals surface area contributed by atoms with Gasteiger partial charge in [-0.2, -0.15) is 0 Å². The van der Waals surface area contributed by atoms with Gasteiger partial charge in [0.05, 0.1) is 0 Å². The first-order chi connectivity index (χ1) is 8.54. The lowest BCUT2D eigenvalue weighted by molar-refractivity contribution is 0.586. The molecule has 0 N–H and O–H groups in total. The van der Waals surface area contributed by atoms with Gasteiger partial charge in [0.1, 0.15) is 0 Å². The molecule has 2 aromatic carbocycles. The molecular formula is C17H21P. The highest BCUT2D eigenvalue weighted by molar-refractivity contribution is 7.15. The molecule has 0 heterocycles. The lowest BCUT2D eigenvalue weighted by Crippen LogP contribution is -2.14. The van der Waals surface area contributed by atoms with Crippen molar-refractivity contribution >= 4 is 9.24 Å². The van der Waals surface area contributed by atoms with E-state index in [-0.39, 0.29) is 5.41 Å². The quantitative estimate of drug-likeness (QED) is 0.661. The highest BCUT2D eigenvalue weighted by Crippen LogP contribution is 2.34. The molecule has 0 amide bonds. The molecule has 0 spiro atoms. The summed E-state index contributed by atoms with van der Waals surface area (Å²) in [7, 11) is 2.87. The molecule has 0 aliphatic heterocycles. The lowest BCUT2D eigenvalue weighted by Gasteiger charge is -2.24. The van der Waals surface area contributed by atoms with E-state index in [1.807, 2.05) is 0 Å². The van der Waals surface area contributed by atoms with Crippen LogP contribution in [0.3, 0.4) is 0 Å². The molecule has 1 atom stereocenters. The molecule has 0 radical (unpaired) electrons. The maximum Gasteiger partial charge on any atom is -0.0119 e. The van der Waals surface area contributed by atoms with Gasteiger partial charge in [-0.05, 0) is 33.8 Å². The number of benzene rings is 2. The van der Waals surface area contributed by atoms with Crippen molar-refractivity contribution in [3.05, 3.63) is 59.7 Å². The molecule has 0 nitrogen and oxygen atoms in total. The van der Waals surface area contributed by atoms with Crippen LogP contribution in [0.25, 0.3) is 11.1 Å². The second kappa shape index (κ2) is 5.24. The van der Waals surface area contributed by atoms with Crippen molar-refractivity contribution in [2.45, 2.75) is 32.3 Å². The van der Waals surface area contributed by atoms with Crippen molar-refractivity contribution in [1.29, 1.82) is 0 Å². The van der Waals surface area contributed by atoms with Gasteiger partial charge in [0, 0.05) is 0 Å². The fraction of sp³-hybridized carbons (Fsp3) is 0.294. The zero-order valence-electron chi connectivity index (χ0n) is 11.4. The predicted molar refractivity (Wildman–Crippen MR) is 84.0 cm³/mol. The fourth-order valence-electron chi connectivity index (χ4n) is 2.40. The summed E-state index contributed by atoms with van der Waals surface area (Å²) >= 11 is 0. The molecule has 0 aliphatic carbocycles. The normalized spacial score (nSPS) is 11.6. The molecule has 0 bridgehead atoms. The van der Waals surface area contributed by atoms with Gasteiger partial charge >= 0.3 is 0 Å². The van der Waals surface area contributed by atoms with Crippen LogP contribution in [0.5, 0.6) is 0 Å². The van der Waals surface area contributed by atoms with E-state index in [0.717, 1.165) is 6.16 Å². The Balaban J connectivity index is 2.63. The summed E-state index contributed by atoms with van der Waals surface area (Å²) in [4.78, 5) is 0. The Morgan fingerprint density at radius 1 is 0.889 bits per heavy atom. The van der Waals surface area contributed by atoms with Gasteiger partial charge in [0.25, 0.3) is 0 Å². The third-order valence-corrected chi connectivity index (χ3v) is 3.68. The molecule has 94 valence electrons. The van der Waals surface area contributed by atoms with Crippen molar-refractivity contribution in [2.24, 2.45) is 0 Å². The molecule has 2 rings (SSSR count). The average molecular weight is 256 g/mol. The average Bonchev–Trinajstić information content (AvgIpc) is 2.37. The minimum Gasteiger partial charge on any atom is -0.133 e. The molecule has 0 saturated heterocycles. The summed E-state index contributed by atoms with van der Waals surface area (Å²) in [6.45, 7) is 6.84. The summed E-state index contributed by atoms with van der Waals surface area (Å²) in [5.74, 6) is 0. The van der Waals surface area contributed by atoms with Crippen LogP contribution in [0, 0.1) is 0 Å². The van der Waals surface area contributed by atoms with Crippen LogP contribution in [0.2, 0.25) is 0 Å². The van der Waals surface area contributed by atoms with E-state index in [1.165, 1.54) is 22.3 Å². The van der Waals surface area contributed by atoms with Crippen LogP contribution in [0.15, 0.2) is 48.5 Å². The van der Waals surface area contributed by atoms with Gasteiger partial charge in [-0.15, -0.1) is 9.24 Å². The standard InChI is InChI=1S/C17H21P/c1-17(2,3)16-11-7-10-14(15(16)12-18)13-8-5-4-6-9-13/h4-11H,12,18H2,1-3H3. The second-order valence-corrected chi connectivity index (χ2v) is 6.06. The van der Waals surface area contributed by atoms with E-state index in [4.69, 9.17) is 0 Å². The number of hydrogen-bond donors (Lipinski definition) is 0. The third kappa shape index (κ3) is 2.65. The summed E-state index contributed by atoms with van der Waals surface area (Å²) in [5.41, 5.74) is 5.75. The zero-order valence-corrected chi connectivity index (χ0v) is 12.6. The highest BCUT2D eigenvalue weighted by atomic mass is 31.0. The largest absolute Gasteiger partial charge is 0.133 e. The van der Waals surface area contributed by atoms with Crippen LogP contribution >= 0.6 is 9.24 Å². The summed E-state index contributed by atoms with van der Waals surface area (Å²) in [6.07, 6.45) is 0.998. The molecule has 0 aliphatic rings. The fourth-order valence-corrected chi connectivity index (χ4v) is 2.84. The van der Waals surface area contributed by atoms with Crippen molar-refractivity contribution in [3.63, 3.8) is 0 Å². The first kappa shape index (κ1) is 13.3. The van der Waals surface area contributed by atoms with Crippen molar-refractivity contribution < 1.29 is 0 Å². The maximum absolute atomic E-state index is 2.87. The van der Waals surface area contributed by atoms with E-state index in [0.29, 0.717) is 0 Å².